The molecule has 3 heterocycles. The number of hydrogen-bond acceptors (Lipinski definition) is 8. The standard InChI is InChI=1S/C23H23F2N5O3S/c1-9(26)10-5-6-30(8-10)14-4-3-11-15(20(14)33-2)16(18-12(24)7-13(25)22(27)28-18)21-17(19(11)31)23(32)29-34-21/h3-4,7,9-10,16H,5-6,8,26H2,1-2H3,(H2,27,28)(H,29,32). The number of halogens is 2. The topological polar surface area (TPSA) is 127 Å². The highest BCUT2D eigenvalue weighted by atomic mass is 32.1. The molecule has 0 amide bonds. The molecule has 178 valence electrons. The molecule has 0 saturated carbocycles. The van der Waals surface area contributed by atoms with E-state index in [1.54, 1.807) is 12.1 Å². The lowest BCUT2D eigenvalue weighted by molar-refractivity contribution is 0.103. The highest BCUT2D eigenvalue weighted by molar-refractivity contribution is 7.06. The fourth-order valence-electron chi connectivity index (χ4n) is 4.93. The second kappa shape index (κ2) is 8.17. The summed E-state index contributed by atoms with van der Waals surface area (Å²) in [6.07, 6.45) is 0.897. The van der Waals surface area contributed by atoms with E-state index in [2.05, 4.69) is 14.3 Å². The number of benzene rings is 1. The van der Waals surface area contributed by atoms with E-state index in [-0.39, 0.29) is 33.7 Å². The van der Waals surface area contributed by atoms with Crippen LogP contribution in [-0.4, -0.2) is 41.4 Å². The van der Waals surface area contributed by atoms with E-state index in [0.717, 1.165) is 30.2 Å². The number of hydrogen-bond donors (Lipinski definition) is 3. The average Bonchev–Trinajstić information content (AvgIpc) is 3.44. The summed E-state index contributed by atoms with van der Waals surface area (Å²) < 4.78 is 37.4. The molecule has 0 spiro atoms. The van der Waals surface area contributed by atoms with Gasteiger partial charge in [-0.2, -0.15) is 0 Å². The molecule has 3 unspecified atom stereocenters. The van der Waals surface area contributed by atoms with Crippen LogP contribution in [0.1, 0.15) is 51.3 Å². The first-order valence-corrected chi connectivity index (χ1v) is 11.6. The zero-order valence-electron chi connectivity index (χ0n) is 18.5. The number of carbonyl (C=O) groups is 1. The summed E-state index contributed by atoms with van der Waals surface area (Å²) in [6.45, 7) is 3.40. The van der Waals surface area contributed by atoms with E-state index in [9.17, 15) is 14.0 Å². The number of nitrogen functional groups attached to an aromatic ring is 1. The third-order valence-electron chi connectivity index (χ3n) is 6.70. The molecule has 1 aliphatic carbocycles. The molecule has 1 saturated heterocycles. The Kier molecular flexibility index (Phi) is 5.40. The summed E-state index contributed by atoms with van der Waals surface area (Å²) in [4.78, 5) is 32.2. The fourth-order valence-corrected chi connectivity index (χ4v) is 5.87. The normalized spacial score (nSPS) is 20.3. The van der Waals surface area contributed by atoms with E-state index >= 15 is 4.39 Å². The molecule has 3 atom stereocenters. The summed E-state index contributed by atoms with van der Waals surface area (Å²) in [5.74, 6) is -3.22. The number of nitrogens with two attached hydrogens (primary N) is 2. The SMILES string of the molecule is COc1c(N2CCC(C(C)N)C2)ccc2c1C(c1nc(N)c(F)cc1F)c1s[nH]c(=O)c1C2=O. The number of carbonyl (C=O) groups excluding carboxylic acids is 1. The predicted molar refractivity (Wildman–Crippen MR) is 125 cm³/mol. The molecule has 11 heteroatoms. The molecule has 1 aromatic carbocycles. The maximum atomic E-state index is 15.1. The molecule has 2 aromatic heterocycles. The zero-order chi connectivity index (χ0) is 24.3. The Morgan fingerprint density at radius 2 is 2.06 bits per heavy atom. The number of ether oxygens (including phenoxy) is 1. The lowest BCUT2D eigenvalue weighted by atomic mass is 9.79. The number of nitrogens with one attached hydrogen (secondary N) is 1. The summed E-state index contributed by atoms with van der Waals surface area (Å²) in [5, 5.41) is 0. The number of fused-ring (bicyclic) bond motifs is 2. The van der Waals surface area contributed by atoms with Crippen molar-refractivity contribution < 1.29 is 18.3 Å². The first-order chi connectivity index (χ1) is 16.2. The highest BCUT2D eigenvalue weighted by Gasteiger charge is 2.42. The minimum atomic E-state index is -0.990. The van der Waals surface area contributed by atoms with Crippen LogP contribution in [0.15, 0.2) is 23.0 Å². The molecule has 1 aliphatic heterocycles. The Balaban J connectivity index is 1.76. The van der Waals surface area contributed by atoms with Gasteiger partial charge in [0.1, 0.15) is 17.1 Å². The Morgan fingerprint density at radius 3 is 2.74 bits per heavy atom. The Bertz CT molecular complexity index is 1370. The number of aromatic nitrogens is 2. The predicted octanol–water partition coefficient (Wildman–Crippen LogP) is 2.60. The summed E-state index contributed by atoms with van der Waals surface area (Å²) in [7, 11) is 1.47. The Labute approximate surface area is 197 Å². The monoisotopic (exact) mass is 487 g/mol. The van der Waals surface area contributed by atoms with Crippen molar-refractivity contribution in [1.82, 2.24) is 9.36 Å². The fraction of sp³-hybridized carbons (Fsp3) is 0.348. The van der Waals surface area contributed by atoms with Gasteiger partial charge in [-0.15, -0.1) is 0 Å². The van der Waals surface area contributed by atoms with Crippen LogP contribution in [-0.2, 0) is 0 Å². The number of anilines is 2. The third kappa shape index (κ3) is 3.30. The number of methoxy groups -OCH3 is 1. The third-order valence-corrected chi connectivity index (χ3v) is 7.64. The van der Waals surface area contributed by atoms with Crippen LogP contribution in [0, 0.1) is 17.6 Å². The molecule has 8 nitrogen and oxygen atoms in total. The molecule has 5 rings (SSSR count). The van der Waals surface area contributed by atoms with Crippen LogP contribution >= 0.6 is 11.5 Å². The van der Waals surface area contributed by atoms with Gasteiger partial charge in [0.2, 0.25) is 0 Å². The lowest BCUT2D eigenvalue weighted by Crippen LogP contribution is -2.30. The van der Waals surface area contributed by atoms with Gasteiger partial charge in [-0.25, -0.2) is 13.8 Å². The maximum absolute atomic E-state index is 15.1. The number of ketones is 1. The van der Waals surface area contributed by atoms with E-state index in [0.29, 0.717) is 23.9 Å². The van der Waals surface area contributed by atoms with E-state index in [4.69, 9.17) is 16.2 Å². The lowest BCUT2D eigenvalue weighted by Gasteiger charge is -2.30. The van der Waals surface area contributed by atoms with Crippen LogP contribution in [0.4, 0.5) is 20.3 Å². The number of rotatable bonds is 4. The van der Waals surface area contributed by atoms with Crippen molar-refractivity contribution in [1.29, 1.82) is 0 Å². The van der Waals surface area contributed by atoms with Crippen molar-refractivity contribution in [3.8, 4) is 5.75 Å². The van der Waals surface area contributed by atoms with Gasteiger partial charge in [0.25, 0.3) is 5.56 Å². The van der Waals surface area contributed by atoms with Crippen molar-refractivity contribution in [3.63, 3.8) is 0 Å². The molecule has 5 N–H and O–H groups in total. The molecule has 1 fully saturated rings. The van der Waals surface area contributed by atoms with Gasteiger partial charge >= 0.3 is 0 Å². The average molecular weight is 488 g/mol. The Hall–Kier alpha value is -3.31. The van der Waals surface area contributed by atoms with Crippen LogP contribution in [0.3, 0.4) is 0 Å². The molecular formula is C23H23F2N5O3S. The second-order valence-corrected chi connectivity index (χ2v) is 9.54. The van der Waals surface area contributed by atoms with Crippen molar-refractivity contribution in [2.45, 2.75) is 25.3 Å². The van der Waals surface area contributed by atoms with Gasteiger partial charge in [0, 0.05) is 36.3 Å². The minimum absolute atomic E-state index is 0.0168. The zero-order valence-corrected chi connectivity index (χ0v) is 19.3. The minimum Gasteiger partial charge on any atom is -0.494 e. The summed E-state index contributed by atoms with van der Waals surface area (Å²) >= 11 is 0.917. The molecule has 0 bridgehead atoms. The van der Waals surface area contributed by atoms with Crippen molar-refractivity contribution in [2.24, 2.45) is 11.7 Å². The quantitative estimate of drug-likeness (QED) is 0.404. The van der Waals surface area contributed by atoms with Crippen molar-refractivity contribution in [3.05, 3.63) is 67.4 Å². The van der Waals surface area contributed by atoms with E-state index < -0.39 is 34.7 Å². The first-order valence-electron chi connectivity index (χ1n) is 10.8. The highest BCUT2D eigenvalue weighted by Crippen LogP contribution is 2.49. The van der Waals surface area contributed by atoms with Gasteiger partial charge in [-0.1, -0.05) is 11.5 Å². The van der Waals surface area contributed by atoms with Gasteiger partial charge in [-0.05, 0) is 31.4 Å². The summed E-state index contributed by atoms with van der Waals surface area (Å²) in [5.41, 5.74) is 12.2. The number of H-pyrrole nitrogens is 1. The van der Waals surface area contributed by atoms with E-state index in [1.165, 1.54) is 7.11 Å². The largest absolute Gasteiger partial charge is 0.494 e. The van der Waals surface area contributed by atoms with Crippen LogP contribution in [0.5, 0.6) is 5.75 Å². The number of aromatic amines is 1. The Morgan fingerprint density at radius 1 is 1.29 bits per heavy atom. The first kappa shape index (κ1) is 22.5. The van der Waals surface area contributed by atoms with Gasteiger partial charge in [-0.3, -0.25) is 14.0 Å². The summed E-state index contributed by atoms with van der Waals surface area (Å²) in [6, 6.07) is 4.06. The van der Waals surface area contributed by atoms with E-state index in [1.807, 2.05) is 6.92 Å². The molecule has 3 aromatic rings. The molecule has 0 radical (unpaired) electrons. The molecule has 34 heavy (non-hydrogen) atoms. The molecule has 2 aliphatic rings. The number of nitrogens with zero attached hydrogens (tertiary/aromatic N) is 2. The molecular weight excluding hydrogens is 464 g/mol. The number of pyridine rings is 1. The van der Waals surface area contributed by atoms with Gasteiger partial charge in [0.15, 0.2) is 17.4 Å². The second-order valence-electron chi connectivity index (χ2n) is 8.69. The smallest absolute Gasteiger partial charge is 0.269 e. The van der Waals surface area contributed by atoms with Crippen molar-refractivity contribution >= 4 is 28.8 Å². The van der Waals surface area contributed by atoms with Gasteiger partial charge in [0.05, 0.1) is 29.3 Å². The van der Waals surface area contributed by atoms with Crippen LogP contribution < -0.4 is 26.7 Å². The van der Waals surface area contributed by atoms with Crippen molar-refractivity contribution in [2.75, 3.05) is 30.8 Å². The van der Waals surface area contributed by atoms with Gasteiger partial charge < -0.3 is 21.1 Å². The van der Waals surface area contributed by atoms with Crippen LogP contribution in [0.2, 0.25) is 0 Å². The maximum Gasteiger partial charge on any atom is 0.269 e. The van der Waals surface area contributed by atoms with Crippen LogP contribution in [0.25, 0.3) is 0 Å².